The smallest absolute Gasteiger partial charge is 0.358 e. The maximum Gasteiger partial charge on any atom is 0.358 e. The minimum atomic E-state index is -1.30. The molecule has 1 aliphatic heterocycles. The fraction of sp³-hybridized carbons (Fsp3) is 0.500. The van der Waals surface area contributed by atoms with E-state index in [4.69, 9.17) is 4.74 Å². The molecule has 36 heavy (non-hydrogen) atoms. The number of carbonyl (C=O) groups excluding carboxylic acids is 4. The van der Waals surface area contributed by atoms with Gasteiger partial charge in [-0.25, -0.2) is 4.79 Å². The number of nitrogens with one attached hydrogen (secondary N) is 2. The molecular weight excluding hydrogens is 462 g/mol. The number of amides is 3. The predicted octanol–water partition coefficient (Wildman–Crippen LogP) is 3.28. The average molecular weight is 496 g/mol. The molecule has 10 nitrogen and oxygen atoms in total. The zero-order chi connectivity index (χ0) is 25.9. The topological polar surface area (TPSA) is 123 Å². The van der Waals surface area contributed by atoms with E-state index in [9.17, 15) is 19.2 Å². The summed E-state index contributed by atoms with van der Waals surface area (Å²) in [4.78, 5) is 52.8. The number of fused-ring (bicyclic) bond motifs is 1. The first-order chi connectivity index (χ1) is 17.2. The number of aromatic nitrogens is 2. The fourth-order valence-electron chi connectivity index (χ4n) is 4.95. The van der Waals surface area contributed by atoms with Crippen LogP contribution >= 0.6 is 0 Å². The Labute approximate surface area is 210 Å². The van der Waals surface area contributed by atoms with Gasteiger partial charge in [0.2, 0.25) is 11.8 Å². The van der Waals surface area contributed by atoms with Gasteiger partial charge in [-0.2, -0.15) is 5.10 Å². The lowest BCUT2D eigenvalue weighted by atomic mass is 9.93. The average Bonchev–Trinajstić information content (AvgIpc) is 3.09. The van der Waals surface area contributed by atoms with Gasteiger partial charge in [0.05, 0.1) is 13.2 Å². The molecule has 1 aliphatic carbocycles. The Kier molecular flexibility index (Phi) is 7.42. The molecular formula is C26H33N5O5. The number of hydrogen-bond acceptors (Lipinski definition) is 6. The van der Waals surface area contributed by atoms with E-state index in [-0.39, 0.29) is 42.4 Å². The molecule has 10 heteroatoms. The maximum absolute atomic E-state index is 13.8. The first kappa shape index (κ1) is 25.4. The predicted molar refractivity (Wildman–Crippen MR) is 134 cm³/mol. The molecule has 2 N–H and O–H groups in total. The third kappa shape index (κ3) is 5.12. The zero-order valence-electron chi connectivity index (χ0n) is 21.0. The van der Waals surface area contributed by atoms with Crippen LogP contribution in [-0.4, -0.2) is 51.7 Å². The SMILES string of the molecule is CCOC(=O)c1cc2n(n1)CC(C)(C(=O)NC1CCCCCC1)N(c1ccc(NC(C)=O)cc1)C2=O. The van der Waals surface area contributed by atoms with E-state index in [1.165, 1.54) is 22.6 Å². The Hall–Kier alpha value is -3.69. The van der Waals surface area contributed by atoms with Crippen molar-refractivity contribution in [2.45, 2.75) is 77.4 Å². The van der Waals surface area contributed by atoms with Crippen molar-refractivity contribution in [3.05, 3.63) is 41.7 Å². The lowest BCUT2D eigenvalue weighted by molar-refractivity contribution is -0.127. The highest BCUT2D eigenvalue weighted by molar-refractivity contribution is 6.12. The van der Waals surface area contributed by atoms with Gasteiger partial charge in [-0.3, -0.25) is 24.0 Å². The zero-order valence-corrected chi connectivity index (χ0v) is 21.0. The summed E-state index contributed by atoms with van der Waals surface area (Å²) in [7, 11) is 0. The Morgan fingerprint density at radius 2 is 1.78 bits per heavy atom. The summed E-state index contributed by atoms with van der Waals surface area (Å²) < 4.78 is 6.48. The van der Waals surface area contributed by atoms with Crippen LogP contribution in [0.5, 0.6) is 0 Å². The van der Waals surface area contributed by atoms with Crippen LogP contribution in [0.4, 0.5) is 11.4 Å². The standard InChI is InChI=1S/C26H33N5O5/c1-4-36-24(34)21-15-22-23(33)31(20-13-11-19(12-14-20)27-17(2)32)26(3,16-30(22)29-21)25(35)28-18-9-7-5-6-8-10-18/h11-15,18H,4-10,16H2,1-3H3,(H,27,32)(H,28,35). The van der Waals surface area contributed by atoms with Crippen LogP contribution in [-0.2, 0) is 20.9 Å². The van der Waals surface area contributed by atoms with Gasteiger partial charge in [-0.15, -0.1) is 0 Å². The Morgan fingerprint density at radius 3 is 2.39 bits per heavy atom. The van der Waals surface area contributed by atoms with Gasteiger partial charge in [-0.05, 0) is 51.0 Å². The van der Waals surface area contributed by atoms with E-state index in [2.05, 4.69) is 15.7 Å². The number of benzene rings is 1. The quantitative estimate of drug-likeness (QED) is 0.468. The van der Waals surface area contributed by atoms with Crippen molar-refractivity contribution in [1.82, 2.24) is 15.1 Å². The molecule has 0 radical (unpaired) electrons. The lowest BCUT2D eigenvalue weighted by Crippen LogP contribution is -2.65. The second-order valence-corrected chi connectivity index (χ2v) is 9.60. The summed E-state index contributed by atoms with van der Waals surface area (Å²) in [5.41, 5.74) is -0.00448. The van der Waals surface area contributed by atoms with Crippen molar-refractivity contribution < 1.29 is 23.9 Å². The van der Waals surface area contributed by atoms with Crippen LogP contribution in [0.15, 0.2) is 30.3 Å². The molecule has 4 rings (SSSR count). The molecule has 1 atom stereocenters. The van der Waals surface area contributed by atoms with Crippen molar-refractivity contribution in [1.29, 1.82) is 0 Å². The van der Waals surface area contributed by atoms with Crippen molar-refractivity contribution in [3.8, 4) is 0 Å². The molecule has 1 aromatic carbocycles. The number of hydrogen-bond donors (Lipinski definition) is 2. The van der Waals surface area contributed by atoms with E-state index in [0.717, 1.165) is 38.5 Å². The minimum absolute atomic E-state index is 0.0228. The molecule has 1 saturated carbocycles. The van der Waals surface area contributed by atoms with Gasteiger partial charge in [-0.1, -0.05) is 25.7 Å². The van der Waals surface area contributed by atoms with Crippen molar-refractivity contribution >= 4 is 35.1 Å². The summed E-state index contributed by atoms with van der Waals surface area (Å²) in [6, 6.07) is 8.21. The fourth-order valence-corrected chi connectivity index (χ4v) is 4.95. The summed E-state index contributed by atoms with van der Waals surface area (Å²) >= 11 is 0. The number of nitrogens with zero attached hydrogens (tertiary/aromatic N) is 3. The normalized spacial score (nSPS) is 20.3. The van der Waals surface area contributed by atoms with Crippen molar-refractivity contribution in [2.75, 3.05) is 16.8 Å². The maximum atomic E-state index is 13.8. The van der Waals surface area contributed by atoms with E-state index in [0.29, 0.717) is 11.4 Å². The third-order valence-electron chi connectivity index (χ3n) is 6.76. The second kappa shape index (κ2) is 10.5. The summed E-state index contributed by atoms with van der Waals surface area (Å²) in [5.74, 6) is -1.55. The van der Waals surface area contributed by atoms with Crippen LogP contribution in [0.3, 0.4) is 0 Å². The molecule has 0 bridgehead atoms. The second-order valence-electron chi connectivity index (χ2n) is 9.60. The highest BCUT2D eigenvalue weighted by Gasteiger charge is 2.49. The van der Waals surface area contributed by atoms with E-state index in [1.807, 2.05) is 0 Å². The highest BCUT2D eigenvalue weighted by atomic mass is 16.5. The van der Waals surface area contributed by atoms with E-state index >= 15 is 0 Å². The Bertz CT molecular complexity index is 1150. The monoisotopic (exact) mass is 495 g/mol. The Balaban J connectivity index is 1.71. The first-order valence-electron chi connectivity index (χ1n) is 12.5. The number of rotatable bonds is 6. The Morgan fingerprint density at radius 1 is 1.11 bits per heavy atom. The van der Waals surface area contributed by atoms with Gasteiger partial charge in [0.15, 0.2) is 5.69 Å². The van der Waals surface area contributed by atoms with Gasteiger partial charge < -0.3 is 15.4 Å². The molecule has 0 spiro atoms. The highest BCUT2D eigenvalue weighted by Crippen LogP contribution is 2.34. The molecule has 0 saturated heterocycles. The van der Waals surface area contributed by atoms with Crippen LogP contribution < -0.4 is 15.5 Å². The first-order valence-corrected chi connectivity index (χ1v) is 12.5. The van der Waals surface area contributed by atoms with Crippen LogP contribution in [0.25, 0.3) is 0 Å². The van der Waals surface area contributed by atoms with Gasteiger partial charge in [0.1, 0.15) is 11.2 Å². The van der Waals surface area contributed by atoms with Crippen LogP contribution in [0, 0.1) is 0 Å². The summed E-state index contributed by atoms with van der Waals surface area (Å²) in [6.45, 7) is 5.08. The van der Waals surface area contributed by atoms with Crippen molar-refractivity contribution in [2.24, 2.45) is 0 Å². The van der Waals surface area contributed by atoms with Gasteiger partial charge >= 0.3 is 5.97 Å². The molecule has 3 amide bonds. The molecule has 1 unspecified atom stereocenters. The number of anilines is 2. The lowest BCUT2D eigenvalue weighted by Gasteiger charge is -2.43. The summed E-state index contributed by atoms with van der Waals surface area (Å²) in [6.07, 6.45) is 6.23. The van der Waals surface area contributed by atoms with Gasteiger partial charge in [0.25, 0.3) is 5.91 Å². The van der Waals surface area contributed by atoms with Gasteiger partial charge in [0, 0.05) is 30.4 Å². The minimum Gasteiger partial charge on any atom is -0.461 e. The van der Waals surface area contributed by atoms with Crippen LogP contribution in [0.2, 0.25) is 0 Å². The number of ether oxygens (including phenoxy) is 1. The molecule has 192 valence electrons. The molecule has 2 aromatic rings. The van der Waals surface area contributed by atoms with E-state index in [1.54, 1.807) is 38.1 Å². The van der Waals surface area contributed by atoms with E-state index < -0.39 is 17.4 Å². The summed E-state index contributed by atoms with van der Waals surface area (Å²) in [5, 5.41) is 10.2. The van der Waals surface area contributed by atoms with Crippen molar-refractivity contribution in [3.63, 3.8) is 0 Å². The third-order valence-corrected chi connectivity index (χ3v) is 6.76. The van der Waals surface area contributed by atoms with Crippen LogP contribution in [0.1, 0.15) is 80.3 Å². The number of esters is 1. The largest absolute Gasteiger partial charge is 0.461 e. The molecule has 2 aliphatic rings. The molecule has 2 heterocycles. The molecule has 1 aromatic heterocycles. The number of carbonyl (C=O) groups is 4. The molecule has 1 fully saturated rings.